The lowest BCUT2D eigenvalue weighted by molar-refractivity contribution is 0.0925. The molecular weight excluding hydrogens is 294 g/mol. The lowest BCUT2D eigenvalue weighted by atomic mass is 10.1. The average Bonchev–Trinajstić information content (AvgIpc) is 2.97. The third kappa shape index (κ3) is 5.49. The van der Waals surface area contributed by atoms with Gasteiger partial charge in [0.2, 0.25) is 0 Å². The van der Waals surface area contributed by atoms with Gasteiger partial charge in [-0.2, -0.15) is 4.98 Å². The van der Waals surface area contributed by atoms with E-state index < -0.39 is 0 Å². The number of ether oxygens (including phenoxy) is 1. The summed E-state index contributed by atoms with van der Waals surface area (Å²) in [5, 5.41) is 6.63. The van der Waals surface area contributed by atoms with Crippen molar-refractivity contribution >= 4 is 5.91 Å². The molecule has 0 bridgehead atoms. The highest BCUT2D eigenvalue weighted by atomic mass is 16.5. The molecule has 2 aromatic rings. The average molecular weight is 317 g/mol. The Morgan fingerprint density at radius 2 is 2.04 bits per heavy atom. The molecule has 0 saturated carbocycles. The predicted molar refractivity (Wildman–Crippen MR) is 87.1 cm³/mol. The van der Waals surface area contributed by atoms with Crippen LogP contribution in [-0.2, 0) is 4.74 Å². The highest BCUT2D eigenvalue weighted by Crippen LogP contribution is 2.17. The molecule has 1 amide bonds. The standard InChI is InChI=1S/C17H23N3O3/c1-12(2)11-22-10-4-9-18-16(21)14-5-7-15(8-6-14)17-19-13(3)20-23-17/h5-8,12H,4,9-11H2,1-3H3,(H,18,21). The van der Waals surface area contributed by atoms with Crippen LogP contribution in [0, 0.1) is 12.8 Å². The minimum Gasteiger partial charge on any atom is -0.381 e. The molecule has 1 aromatic heterocycles. The first kappa shape index (κ1) is 17.1. The maximum atomic E-state index is 12.0. The zero-order valence-electron chi connectivity index (χ0n) is 13.8. The van der Waals surface area contributed by atoms with Gasteiger partial charge in [-0.15, -0.1) is 0 Å². The van der Waals surface area contributed by atoms with Gasteiger partial charge >= 0.3 is 0 Å². The van der Waals surface area contributed by atoms with Crippen molar-refractivity contribution in [3.8, 4) is 11.5 Å². The van der Waals surface area contributed by atoms with E-state index in [2.05, 4.69) is 29.3 Å². The monoisotopic (exact) mass is 317 g/mol. The van der Waals surface area contributed by atoms with Crippen molar-refractivity contribution in [3.63, 3.8) is 0 Å². The van der Waals surface area contributed by atoms with E-state index in [-0.39, 0.29) is 5.91 Å². The maximum Gasteiger partial charge on any atom is 0.257 e. The third-order valence-electron chi connectivity index (χ3n) is 3.12. The summed E-state index contributed by atoms with van der Waals surface area (Å²) >= 11 is 0. The van der Waals surface area contributed by atoms with E-state index in [4.69, 9.17) is 9.26 Å². The molecule has 0 fully saturated rings. The molecule has 0 aliphatic rings. The van der Waals surface area contributed by atoms with Crippen LogP contribution >= 0.6 is 0 Å². The molecular formula is C17H23N3O3. The summed E-state index contributed by atoms with van der Waals surface area (Å²) in [5.74, 6) is 1.48. The normalized spacial score (nSPS) is 11.0. The first-order chi connectivity index (χ1) is 11.1. The number of amides is 1. The van der Waals surface area contributed by atoms with Crippen molar-refractivity contribution in [2.75, 3.05) is 19.8 Å². The second-order valence-corrected chi connectivity index (χ2v) is 5.80. The van der Waals surface area contributed by atoms with Gasteiger partial charge in [-0.3, -0.25) is 4.79 Å². The van der Waals surface area contributed by atoms with Gasteiger partial charge in [0.1, 0.15) is 0 Å². The molecule has 0 unspecified atom stereocenters. The Labute approximate surface area is 136 Å². The van der Waals surface area contributed by atoms with Crippen molar-refractivity contribution in [1.29, 1.82) is 0 Å². The Balaban J connectivity index is 1.77. The predicted octanol–water partition coefficient (Wildman–Crippen LogP) is 2.84. The van der Waals surface area contributed by atoms with Crippen LogP contribution in [0.1, 0.15) is 36.5 Å². The largest absolute Gasteiger partial charge is 0.381 e. The zero-order chi connectivity index (χ0) is 16.7. The van der Waals surface area contributed by atoms with E-state index in [1.807, 2.05) is 0 Å². The highest BCUT2D eigenvalue weighted by Gasteiger charge is 2.09. The number of hydrogen-bond acceptors (Lipinski definition) is 5. The first-order valence-corrected chi connectivity index (χ1v) is 7.83. The molecule has 23 heavy (non-hydrogen) atoms. The van der Waals surface area contributed by atoms with Crippen molar-refractivity contribution in [2.45, 2.75) is 27.2 Å². The highest BCUT2D eigenvalue weighted by molar-refractivity contribution is 5.94. The van der Waals surface area contributed by atoms with Gasteiger partial charge in [0, 0.05) is 30.9 Å². The van der Waals surface area contributed by atoms with Crippen molar-refractivity contribution in [1.82, 2.24) is 15.5 Å². The Hall–Kier alpha value is -2.21. The van der Waals surface area contributed by atoms with Crippen LogP contribution in [0.15, 0.2) is 28.8 Å². The zero-order valence-corrected chi connectivity index (χ0v) is 13.8. The quantitative estimate of drug-likeness (QED) is 0.758. The Morgan fingerprint density at radius 3 is 2.65 bits per heavy atom. The van der Waals surface area contributed by atoms with Crippen molar-refractivity contribution in [2.24, 2.45) is 5.92 Å². The van der Waals surface area contributed by atoms with Crippen LogP contribution < -0.4 is 5.32 Å². The van der Waals surface area contributed by atoms with Gasteiger partial charge in [0.25, 0.3) is 11.8 Å². The fourth-order valence-corrected chi connectivity index (χ4v) is 1.98. The van der Waals surface area contributed by atoms with E-state index in [0.717, 1.165) is 18.6 Å². The molecule has 1 N–H and O–H groups in total. The van der Waals surface area contributed by atoms with E-state index >= 15 is 0 Å². The molecule has 124 valence electrons. The fourth-order valence-electron chi connectivity index (χ4n) is 1.98. The molecule has 0 saturated heterocycles. The number of carbonyl (C=O) groups is 1. The second-order valence-electron chi connectivity index (χ2n) is 5.80. The molecule has 1 heterocycles. The summed E-state index contributed by atoms with van der Waals surface area (Å²) in [7, 11) is 0. The van der Waals surface area contributed by atoms with Crippen LogP contribution in [0.5, 0.6) is 0 Å². The van der Waals surface area contributed by atoms with Gasteiger partial charge in [-0.05, 0) is 43.5 Å². The first-order valence-electron chi connectivity index (χ1n) is 7.83. The lowest BCUT2D eigenvalue weighted by Gasteiger charge is -2.08. The second kappa shape index (κ2) is 8.43. The number of rotatable bonds is 8. The molecule has 6 nitrogen and oxygen atoms in total. The Morgan fingerprint density at radius 1 is 1.30 bits per heavy atom. The molecule has 0 spiro atoms. The van der Waals surface area contributed by atoms with Crippen LogP contribution in [-0.4, -0.2) is 35.8 Å². The number of nitrogens with zero attached hydrogens (tertiary/aromatic N) is 2. The van der Waals surface area contributed by atoms with Gasteiger partial charge in [-0.1, -0.05) is 19.0 Å². The fraction of sp³-hybridized carbons (Fsp3) is 0.471. The van der Waals surface area contributed by atoms with Gasteiger partial charge in [0.15, 0.2) is 5.82 Å². The number of benzene rings is 1. The molecule has 0 radical (unpaired) electrons. The molecule has 0 atom stereocenters. The van der Waals surface area contributed by atoms with E-state index in [1.165, 1.54) is 0 Å². The van der Waals surface area contributed by atoms with Crippen LogP contribution in [0.4, 0.5) is 0 Å². The summed E-state index contributed by atoms with van der Waals surface area (Å²) in [5.41, 5.74) is 1.40. The van der Waals surface area contributed by atoms with Crippen LogP contribution in [0.25, 0.3) is 11.5 Å². The van der Waals surface area contributed by atoms with Crippen LogP contribution in [0.3, 0.4) is 0 Å². The van der Waals surface area contributed by atoms with E-state index in [1.54, 1.807) is 31.2 Å². The lowest BCUT2D eigenvalue weighted by Crippen LogP contribution is -2.25. The minimum atomic E-state index is -0.0953. The SMILES string of the molecule is Cc1noc(-c2ccc(C(=O)NCCCOCC(C)C)cc2)n1. The summed E-state index contributed by atoms with van der Waals surface area (Å²) in [4.78, 5) is 16.2. The Kier molecular flexibility index (Phi) is 6.29. The number of aryl methyl sites for hydroxylation is 1. The number of carbonyl (C=O) groups excluding carboxylic acids is 1. The minimum absolute atomic E-state index is 0.0953. The van der Waals surface area contributed by atoms with Gasteiger partial charge in [-0.25, -0.2) is 0 Å². The van der Waals surface area contributed by atoms with Gasteiger partial charge in [0.05, 0.1) is 0 Å². The van der Waals surface area contributed by atoms with Crippen molar-refractivity contribution in [3.05, 3.63) is 35.7 Å². The summed E-state index contributed by atoms with van der Waals surface area (Å²) in [6.07, 6.45) is 0.803. The van der Waals surface area contributed by atoms with Crippen LogP contribution in [0.2, 0.25) is 0 Å². The number of hydrogen-bond donors (Lipinski definition) is 1. The molecule has 1 aromatic carbocycles. The third-order valence-corrected chi connectivity index (χ3v) is 3.12. The topological polar surface area (TPSA) is 77.2 Å². The summed E-state index contributed by atoms with van der Waals surface area (Å²) in [6, 6.07) is 7.10. The summed E-state index contributed by atoms with van der Waals surface area (Å²) in [6.45, 7) is 8.00. The Bertz CT molecular complexity index is 620. The van der Waals surface area contributed by atoms with E-state index in [0.29, 0.717) is 36.3 Å². The maximum absolute atomic E-state index is 12.0. The number of nitrogens with one attached hydrogen (secondary N) is 1. The molecule has 6 heteroatoms. The number of aromatic nitrogens is 2. The van der Waals surface area contributed by atoms with E-state index in [9.17, 15) is 4.79 Å². The summed E-state index contributed by atoms with van der Waals surface area (Å²) < 4.78 is 10.6. The smallest absolute Gasteiger partial charge is 0.257 e. The molecule has 0 aliphatic heterocycles. The molecule has 2 rings (SSSR count). The van der Waals surface area contributed by atoms with Gasteiger partial charge < -0.3 is 14.6 Å². The molecule has 0 aliphatic carbocycles. The van der Waals surface area contributed by atoms with Crippen molar-refractivity contribution < 1.29 is 14.1 Å².